The molecule has 2 aromatic rings. The fourth-order valence-corrected chi connectivity index (χ4v) is 1.80. The highest BCUT2D eigenvalue weighted by Gasteiger charge is 2.09. The highest BCUT2D eigenvalue weighted by molar-refractivity contribution is 6.35. The van der Waals surface area contributed by atoms with Crippen LogP contribution in [0.25, 0.3) is 0 Å². The van der Waals surface area contributed by atoms with Crippen LogP contribution in [0.4, 0.5) is 0 Å². The first-order chi connectivity index (χ1) is 8.06. The summed E-state index contributed by atoms with van der Waals surface area (Å²) in [7, 11) is 0. The monoisotopic (exact) mass is 308 g/mol. The van der Waals surface area contributed by atoms with Crippen LogP contribution in [-0.4, -0.2) is 10.2 Å². The van der Waals surface area contributed by atoms with Crippen LogP contribution in [-0.2, 0) is 0 Å². The molecular formula is C10H4Cl4N2O. The van der Waals surface area contributed by atoms with E-state index in [-0.39, 0.29) is 16.1 Å². The molecule has 0 amide bonds. The van der Waals surface area contributed by atoms with E-state index < -0.39 is 0 Å². The third-order valence-corrected chi connectivity index (χ3v) is 2.78. The van der Waals surface area contributed by atoms with Crippen LogP contribution in [0.2, 0.25) is 20.4 Å². The largest absolute Gasteiger partial charge is 0.452 e. The van der Waals surface area contributed by atoms with Crippen LogP contribution >= 0.6 is 46.4 Å². The van der Waals surface area contributed by atoms with Crippen molar-refractivity contribution >= 4 is 46.4 Å². The standard InChI is InChI=1S/C10H4Cl4N2O/c11-5-1-2-7(6(12)3-5)17-8-4-9(13)15-16-10(8)14/h1-4H. The van der Waals surface area contributed by atoms with Crippen LogP contribution in [0, 0.1) is 0 Å². The highest BCUT2D eigenvalue weighted by Crippen LogP contribution is 2.34. The lowest BCUT2D eigenvalue weighted by Crippen LogP contribution is -1.91. The minimum absolute atomic E-state index is 0.0976. The zero-order valence-corrected chi connectivity index (χ0v) is 11.1. The van der Waals surface area contributed by atoms with Crippen molar-refractivity contribution in [3.05, 3.63) is 44.6 Å². The number of hydrogen-bond acceptors (Lipinski definition) is 3. The second-order valence-corrected chi connectivity index (χ2v) is 4.59. The van der Waals surface area contributed by atoms with Gasteiger partial charge in [-0.25, -0.2) is 0 Å². The van der Waals surface area contributed by atoms with Crippen molar-refractivity contribution in [2.24, 2.45) is 0 Å². The molecule has 88 valence electrons. The Morgan fingerprint density at radius 2 is 1.65 bits per heavy atom. The van der Waals surface area contributed by atoms with E-state index in [2.05, 4.69) is 10.2 Å². The first-order valence-electron chi connectivity index (χ1n) is 4.38. The van der Waals surface area contributed by atoms with E-state index >= 15 is 0 Å². The van der Waals surface area contributed by atoms with E-state index in [1.165, 1.54) is 6.07 Å². The van der Waals surface area contributed by atoms with Gasteiger partial charge in [-0.3, -0.25) is 0 Å². The molecule has 1 aromatic heterocycles. The summed E-state index contributed by atoms with van der Waals surface area (Å²) in [6.07, 6.45) is 0. The third-order valence-electron chi connectivity index (χ3n) is 1.80. The van der Waals surface area contributed by atoms with Crippen molar-refractivity contribution in [1.29, 1.82) is 0 Å². The predicted molar refractivity (Wildman–Crippen MR) is 68.6 cm³/mol. The lowest BCUT2D eigenvalue weighted by molar-refractivity contribution is 0.479. The van der Waals surface area contributed by atoms with Gasteiger partial charge < -0.3 is 4.74 Å². The van der Waals surface area contributed by atoms with Crippen LogP contribution in [0.1, 0.15) is 0 Å². The van der Waals surface area contributed by atoms with E-state index in [0.29, 0.717) is 15.8 Å². The lowest BCUT2D eigenvalue weighted by Gasteiger charge is -2.08. The number of benzene rings is 1. The van der Waals surface area contributed by atoms with Crippen LogP contribution in [0.3, 0.4) is 0 Å². The molecule has 2 rings (SSSR count). The summed E-state index contributed by atoms with van der Waals surface area (Å²) in [4.78, 5) is 0. The van der Waals surface area contributed by atoms with Crippen molar-refractivity contribution in [2.45, 2.75) is 0 Å². The number of aromatic nitrogens is 2. The molecule has 0 aliphatic carbocycles. The lowest BCUT2D eigenvalue weighted by atomic mass is 10.3. The van der Waals surface area contributed by atoms with Gasteiger partial charge in [-0.05, 0) is 18.2 Å². The second kappa shape index (κ2) is 5.27. The molecule has 0 N–H and O–H groups in total. The number of halogens is 4. The highest BCUT2D eigenvalue weighted by atomic mass is 35.5. The molecule has 0 fully saturated rings. The van der Waals surface area contributed by atoms with Crippen LogP contribution in [0.5, 0.6) is 11.5 Å². The van der Waals surface area contributed by atoms with E-state index in [9.17, 15) is 0 Å². The van der Waals surface area contributed by atoms with Crippen molar-refractivity contribution in [2.75, 3.05) is 0 Å². The van der Waals surface area contributed by atoms with Gasteiger partial charge in [0.25, 0.3) is 0 Å². The van der Waals surface area contributed by atoms with Gasteiger partial charge in [-0.1, -0.05) is 46.4 Å². The van der Waals surface area contributed by atoms with Crippen molar-refractivity contribution in [3.8, 4) is 11.5 Å². The maximum absolute atomic E-state index is 5.95. The molecule has 0 radical (unpaired) electrons. The number of nitrogens with zero attached hydrogens (tertiary/aromatic N) is 2. The van der Waals surface area contributed by atoms with Crippen molar-refractivity contribution in [3.63, 3.8) is 0 Å². The summed E-state index contributed by atoms with van der Waals surface area (Å²) in [5.41, 5.74) is 0. The Hall–Kier alpha value is -0.740. The molecule has 7 heteroatoms. The normalized spacial score (nSPS) is 10.4. The van der Waals surface area contributed by atoms with Gasteiger partial charge in [0.2, 0.25) is 0 Å². The molecule has 17 heavy (non-hydrogen) atoms. The molecule has 0 saturated heterocycles. The first-order valence-corrected chi connectivity index (χ1v) is 5.89. The Bertz CT molecular complexity index is 562. The van der Waals surface area contributed by atoms with Gasteiger partial charge in [0.1, 0.15) is 5.75 Å². The van der Waals surface area contributed by atoms with Gasteiger partial charge in [-0.2, -0.15) is 0 Å². The minimum atomic E-state index is 0.0976. The van der Waals surface area contributed by atoms with Gasteiger partial charge >= 0.3 is 0 Å². The molecule has 0 aliphatic heterocycles. The van der Waals surface area contributed by atoms with E-state index in [0.717, 1.165) is 0 Å². The molecule has 1 heterocycles. The smallest absolute Gasteiger partial charge is 0.194 e. The van der Waals surface area contributed by atoms with E-state index in [1.807, 2.05) is 0 Å². The fraction of sp³-hybridized carbons (Fsp3) is 0. The number of hydrogen-bond donors (Lipinski definition) is 0. The molecule has 0 aliphatic rings. The summed E-state index contributed by atoms with van der Waals surface area (Å²) in [5, 5.41) is 8.33. The zero-order valence-electron chi connectivity index (χ0n) is 8.12. The average Bonchev–Trinajstić information content (AvgIpc) is 2.27. The van der Waals surface area contributed by atoms with Crippen molar-refractivity contribution in [1.82, 2.24) is 10.2 Å². The Balaban J connectivity index is 2.34. The van der Waals surface area contributed by atoms with E-state index in [1.54, 1.807) is 18.2 Å². The van der Waals surface area contributed by atoms with Gasteiger partial charge in [0.05, 0.1) is 5.02 Å². The molecule has 0 bridgehead atoms. The quantitative estimate of drug-likeness (QED) is 0.792. The summed E-state index contributed by atoms with van der Waals surface area (Å²) >= 11 is 23.2. The third kappa shape index (κ3) is 3.13. The van der Waals surface area contributed by atoms with Gasteiger partial charge in [-0.15, -0.1) is 10.2 Å². The van der Waals surface area contributed by atoms with E-state index in [4.69, 9.17) is 51.1 Å². The summed E-state index contributed by atoms with van der Waals surface area (Å²) in [6, 6.07) is 6.27. The molecule has 3 nitrogen and oxygen atoms in total. The molecular weight excluding hydrogens is 306 g/mol. The van der Waals surface area contributed by atoms with Gasteiger partial charge in [0.15, 0.2) is 16.1 Å². The maximum atomic E-state index is 5.95. The van der Waals surface area contributed by atoms with Crippen molar-refractivity contribution < 1.29 is 4.74 Å². The molecule has 0 saturated carbocycles. The predicted octanol–water partition coefficient (Wildman–Crippen LogP) is 4.88. The van der Waals surface area contributed by atoms with Gasteiger partial charge in [0, 0.05) is 11.1 Å². The van der Waals surface area contributed by atoms with Crippen LogP contribution < -0.4 is 4.74 Å². The fourth-order valence-electron chi connectivity index (χ4n) is 1.09. The minimum Gasteiger partial charge on any atom is -0.452 e. The Labute approximate surface area is 117 Å². The molecule has 1 aromatic carbocycles. The summed E-state index contributed by atoms with van der Waals surface area (Å²) < 4.78 is 5.47. The number of rotatable bonds is 2. The number of ether oxygens (including phenoxy) is 1. The zero-order chi connectivity index (χ0) is 12.4. The topological polar surface area (TPSA) is 35.0 Å². The summed E-state index contributed by atoms with van der Waals surface area (Å²) in [5.74, 6) is 0.679. The maximum Gasteiger partial charge on any atom is 0.194 e. The SMILES string of the molecule is Clc1ccc(Oc2cc(Cl)nnc2Cl)c(Cl)c1. The Morgan fingerprint density at radius 1 is 0.882 bits per heavy atom. The Morgan fingerprint density at radius 3 is 2.35 bits per heavy atom. The molecule has 0 atom stereocenters. The summed E-state index contributed by atoms with van der Waals surface area (Å²) in [6.45, 7) is 0. The average molecular weight is 310 g/mol. The second-order valence-electron chi connectivity index (χ2n) is 3.00. The molecule has 0 spiro atoms. The Kier molecular flexibility index (Phi) is 3.94. The molecule has 0 unspecified atom stereocenters. The first kappa shape index (κ1) is 12.7. The van der Waals surface area contributed by atoms with Crippen LogP contribution in [0.15, 0.2) is 24.3 Å².